The molecule has 0 spiro atoms. The molecule has 0 unspecified atom stereocenters. The molecule has 4 aromatic carbocycles. The van der Waals surface area contributed by atoms with Crippen molar-refractivity contribution >= 4 is 68.5 Å². The van der Waals surface area contributed by atoms with E-state index in [0.717, 1.165) is 59.9 Å². The van der Waals surface area contributed by atoms with Gasteiger partial charge in [0.1, 0.15) is 34.6 Å². The molecule has 0 saturated carbocycles. The molecule has 16 nitrogen and oxygen atoms in total. The van der Waals surface area contributed by atoms with Crippen LogP contribution in [0.15, 0.2) is 83.1 Å². The topological polar surface area (TPSA) is 209 Å². The van der Waals surface area contributed by atoms with Crippen LogP contribution in [0.1, 0.15) is 69.7 Å². The van der Waals surface area contributed by atoms with Gasteiger partial charge in [-0.15, -0.1) is 0 Å². The van der Waals surface area contributed by atoms with E-state index in [9.17, 15) is 45.2 Å². The molecule has 0 saturated heterocycles. The van der Waals surface area contributed by atoms with Gasteiger partial charge in [0.2, 0.25) is 15.0 Å². The van der Waals surface area contributed by atoms with Crippen LogP contribution in [0.3, 0.4) is 0 Å². The molecule has 0 bridgehead atoms. The number of para-hydroxylation sites is 2. The van der Waals surface area contributed by atoms with E-state index in [2.05, 4.69) is 41.2 Å². The Labute approximate surface area is 404 Å². The summed E-state index contributed by atoms with van der Waals surface area (Å²) < 4.78 is 83.7. The molecule has 2 aliphatic heterocycles. The number of anilines is 4. The number of hydrogen-bond acceptors (Lipinski definition) is 11. The van der Waals surface area contributed by atoms with Gasteiger partial charge in [-0.1, -0.05) is 49.9 Å². The van der Waals surface area contributed by atoms with E-state index in [4.69, 9.17) is 0 Å². The van der Waals surface area contributed by atoms with Crippen molar-refractivity contribution in [2.45, 2.75) is 63.9 Å². The molecule has 364 valence electrons. The summed E-state index contributed by atoms with van der Waals surface area (Å²) in [4.78, 5) is 69.7. The van der Waals surface area contributed by atoms with Gasteiger partial charge in [0.05, 0.1) is 24.5 Å². The number of rotatable bonds is 12. The van der Waals surface area contributed by atoms with Crippen molar-refractivity contribution in [1.82, 2.24) is 41.2 Å². The largest absolute Gasteiger partial charge is 0.352 e. The molecule has 6 aromatic rings. The first kappa shape index (κ1) is 50.4. The SMILES string of the molecule is CCCNC(=O)c1ccc(C)c(-c2nc(S(C)(=O)=O)nc3c2CNC(=O)N3c2c(F)cccc2F)c1.CCCNC(=O)c1ccc(C)c(-c2nc(SC)nc3c2CNC(=O)N3c2c(F)cccc2F)c1. The minimum atomic E-state index is -4.01. The molecule has 0 aliphatic carbocycles. The fourth-order valence-corrected chi connectivity index (χ4v) is 8.39. The van der Waals surface area contributed by atoms with Crippen molar-refractivity contribution in [3.8, 4) is 22.5 Å². The van der Waals surface area contributed by atoms with Gasteiger partial charge in [-0.2, -0.15) is 4.98 Å². The fourth-order valence-electron chi connectivity index (χ4n) is 7.52. The number of halogens is 4. The molecule has 4 heterocycles. The quantitative estimate of drug-likeness (QED) is 0.0519. The minimum absolute atomic E-state index is 0.0659. The van der Waals surface area contributed by atoms with Crippen molar-refractivity contribution in [3.63, 3.8) is 0 Å². The van der Waals surface area contributed by atoms with Crippen LogP contribution in [0, 0.1) is 37.1 Å². The summed E-state index contributed by atoms with van der Waals surface area (Å²) in [5.74, 6) is -4.56. The van der Waals surface area contributed by atoms with Crippen molar-refractivity contribution in [2.24, 2.45) is 0 Å². The van der Waals surface area contributed by atoms with Crippen LogP contribution < -0.4 is 31.1 Å². The standard InChI is InChI=1S/C24H23F2N5O4S.C24H23F2N5O2S/c1-4-10-27-22(32)14-9-8-13(2)15(11-14)19-16-12-28-24(33)31(20-17(25)6-5-7-18(20)26)21(16)30-23(29-19)36(3,34)35;1-4-10-27-22(32)14-9-8-13(2)15(11-14)19-16-12-28-24(33)31(21(16)30-23(29-19)34-3)20-17(25)6-5-7-18(20)26/h5-9,11H,4,10,12H2,1-3H3,(H,27,32)(H,28,33);5-9,11H,4,10,12H2,1-3H3,(H,27,32)(H,28,33). The van der Waals surface area contributed by atoms with Crippen LogP contribution in [-0.2, 0) is 22.9 Å². The fraction of sp³-hybridized carbons (Fsp3) is 0.250. The molecule has 0 atom stereocenters. The van der Waals surface area contributed by atoms with Crippen LogP contribution in [0.5, 0.6) is 0 Å². The second-order valence-corrected chi connectivity index (χ2v) is 18.7. The van der Waals surface area contributed by atoms with Crippen molar-refractivity contribution in [3.05, 3.63) is 129 Å². The van der Waals surface area contributed by atoms with Crippen LogP contribution >= 0.6 is 11.8 Å². The number of aromatic nitrogens is 4. The monoisotopic (exact) mass is 998 g/mol. The van der Waals surface area contributed by atoms with E-state index in [0.29, 0.717) is 62.2 Å². The van der Waals surface area contributed by atoms with E-state index in [1.165, 1.54) is 17.8 Å². The third-order valence-corrected chi connectivity index (χ3v) is 12.4. The lowest BCUT2D eigenvalue weighted by atomic mass is 9.97. The number of aryl methyl sites for hydroxylation is 2. The first-order valence-corrected chi connectivity index (χ1v) is 24.9. The van der Waals surface area contributed by atoms with E-state index < -0.39 is 61.7 Å². The highest BCUT2D eigenvalue weighted by atomic mass is 32.2. The highest BCUT2D eigenvalue weighted by Crippen LogP contribution is 2.41. The van der Waals surface area contributed by atoms with Crippen molar-refractivity contribution in [1.29, 1.82) is 0 Å². The first-order valence-electron chi connectivity index (χ1n) is 21.8. The van der Waals surface area contributed by atoms with E-state index in [-0.39, 0.29) is 47.8 Å². The number of nitrogens with zero attached hydrogens (tertiary/aromatic N) is 6. The molecule has 70 heavy (non-hydrogen) atoms. The Balaban J connectivity index is 0.000000207. The number of carbonyl (C=O) groups is 4. The molecule has 8 rings (SSSR count). The highest BCUT2D eigenvalue weighted by Gasteiger charge is 2.37. The summed E-state index contributed by atoms with van der Waals surface area (Å²) in [6.45, 7) is 8.46. The zero-order chi connectivity index (χ0) is 50.6. The van der Waals surface area contributed by atoms with Gasteiger partial charge in [0.15, 0.2) is 16.8 Å². The number of fused-ring (bicyclic) bond motifs is 2. The maximum atomic E-state index is 14.7. The number of benzene rings is 4. The summed E-state index contributed by atoms with van der Waals surface area (Å²) in [5.41, 5.74) is 3.47. The maximum absolute atomic E-state index is 14.7. The molecule has 0 fully saturated rings. The highest BCUT2D eigenvalue weighted by molar-refractivity contribution is 7.98. The summed E-state index contributed by atoms with van der Waals surface area (Å²) in [7, 11) is -4.01. The molecule has 4 N–H and O–H groups in total. The van der Waals surface area contributed by atoms with Crippen molar-refractivity contribution in [2.75, 3.05) is 35.4 Å². The van der Waals surface area contributed by atoms with Gasteiger partial charge in [0.25, 0.3) is 11.8 Å². The van der Waals surface area contributed by atoms with Crippen LogP contribution in [-0.4, -0.2) is 77.8 Å². The Morgan fingerprint density at radius 1 is 0.657 bits per heavy atom. The van der Waals surface area contributed by atoms with Crippen LogP contribution in [0.2, 0.25) is 0 Å². The van der Waals surface area contributed by atoms with Gasteiger partial charge >= 0.3 is 12.1 Å². The number of nitrogens with one attached hydrogen (secondary N) is 4. The third-order valence-electron chi connectivity index (χ3n) is 11.0. The lowest BCUT2D eigenvalue weighted by Gasteiger charge is -2.30. The van der Waals surface area contributed by atoms with E-state index >= 15 is 0 Å². The maximum Gasteiger partial charge on any atom is 0.328 e. The summed E-state index contributed by atoms with van der Waals surface area (Å²) in [5, 5.41) is 10.5. The van der Waals surface area contributed by atoms with Crippen molar-refractivity contribution < 1.29 is 45.2 Å². The Kier molecular flexibility index (Phi) is 15.2. The van der Waals surface area contributed by atoms with E-state index in [1.807, 2.05) is 26.8 Å². The third kappa shape index (κ3) is 10.3. The minimum Gasteiger partial charge on any atom is -0.352 e. The number of urea groups is 2. The molecular formula is C48H46F4N10O6S2. The molecule has 2 aliphatic rings. The number of amides is 6. The number of carbonyl (C=O) groups excluding carboxylic acids is 4. The molecular weight excluding hydrogens is 953 g/mol. The smallest absolute Gasteiger partial charge is 0.328 e. The zero-order valence-corrected chi connectivity index (χ0v) is 40.3. The second kappa shape index (κ2) is 21.0. The Hall–Kier alpha value is -7.46. The first-order chi connectivity index (χ1) is 33.4. The molecule has 6 amide bonds. The number of thioether (sulfide) groups is 1. The van der Waals surface area contributed by atoms with Gasteiger partial charge in [-0.05, 0) is 92.6 Å². The zero-order valence-electron chi connectivity index (χ0n) is 38.6. The predicted molar refractivity (Wildman–Crippen MR) is 256 cm³/mol. The Bertz CT molecular complexity index is 3160. The lowest BCUT2D eigenvalue weighted by molar-refractivity contribution is 0.0945. The number of sulfone groups is 1. The second-order valence-electron chi connectivity index (χ2n) is 16.0. The molecule has 2 aromatic heterocycles. The molecule has 22 heteroatoms. The van der Waals surface area contributed by atoms with Gasteiger partial charge in [-0.25, -0.2) is 60.3 Å². The van der Waals surface area contributed by atoms with Crippen LogP contribution in [0.25, 0.3) is 22.5 Å². The van der Waals surface area contributed by atoms with E-state index in [1.54, 1.807) is 43.5 Å². The number of hydrogen-bond donors (Lipinski definition) is 4. The average Bonchev–Trinajstić information content (AvgIpc) is 3.33. The summed E-state index contributed by atoms with van der Waals surface area (Å²) >= 11 is 1.24. The average molecular weight is 999 g/mol. The summed E-state index contributed by atoms with van der Waals surface area (Å²) in [6, 6.07) is 15.0. The van der Waals surface area contributed by atoms with Gasteiger partial charge in [0, 0.05) is 52.7 Å². The van der Waals surface area contributed by atoms with Gasteiger partial charge in [-0.3, -0.25) is 9.59 Å². The Morgan fingerprint density at radius 3 is 1.47 bits per heavy atom. The normalized spacial score (nSPS) is 13.1. The summed E-state index contributed by atoms with van der Waals surface area (Å²) in [6.07, 6.45) is 4.20. The molecule has 0 radical (unpaired) electrons. The lowest BCUT2D eigenvalue weighted by Crippen LogP contribution is -2.43. The Morgan fingerprint density at radius 2 is 1.07 bits per heavy atom. The van der Waals surface area contributed by atoms with Gasteiger partial charge < -0.3 is 21.3 Å². The van der Waals surface area contributed by atoms with Crippen LogP contribution in [0.4, 0.5) is 50.2 Å². The predicted octanol–water partition coefficient (Wildman–Crippen LogP) is 8.59.